The molecule has 0 fully saturated rings. The van der Waals surface area contributed by atoms with Gasteiger partial charge in [-0.2, -0.15) is 4.98 Å². The summed E-state index contributed by atoms with van der Waals surface area (Å²) in [6.45, 7) is 2.91. The lowest BCUT2D eigenvalue weighted by atomic mass is 10.4. The molecule has 0 unspecified atom stereocenters. The first-order valence-electron chi connectivity index (χ1n) is 6.26. The van der Waals surface area contributed by atoms with Gasteiger partial charge in [-0.25, -0.2) is 4.98 Å². The van der Waals surface area contributed by atoms with Crippen molar-refractivity contribution in [1.82, 2.24) is 15.0 Å². The summed E-state index contributed by atoms with van der Waals surface area (Å²) >= 11 is 1.03. The molecule has 0 atom stereocenters. The Kier molecular flexibility index (Phi) is 4.82. The van der Waals surface area contributed by atoms with Crippen LogP contribution in [0.5, 0.6) is 0 Å². The predicted molar refractivity (Wildman–Crippen MR) is 79.7 cm³/mol. The Morgan fingerprint density at radius 3 is 2.90 bits per heavy atom. The van der Waals surface area contributed by atoms with Gasteiger partial charge in [0.2, 0.25) is 11.8 Å². The van der Waals surface area contributed by atoms with Crippen molar-refractivity contribution >= 4 is 28.8 Å². The Labute approximate surface area is 123 Å². The van der Waals surface area contributed by atoms with Crippen molar-refractivity contribution in [3.63, 3.8) is 0 Å². The number of nitrogens with zero attached hydrogens (tertiary/aromatic N) is 3. The van der Waals surface area contributed by atoms with Gasteiger partial charge in [0.05, 0.1) is 11.5 Å². The lowest BCUT2D eigenvalue weighted by molar-refractivity contribution is -0.384. The lowest BCUT2D eigenvalue weighted by Gasteiger charge is -2.07. The third-order valence-electron chi connectivity index (χ3n) is 2.52. The molecule has 0 aliphatic rings. The highest BCUT2D eigenvalue weighted by Crippen LogP contribution is 2.22. The third-order valence-corrected chi connectivity index (χ3v) is 3.23. The van der Waals surface area contributed by atoms with E-state index in [9.17, 15) is 14.9 Å². The largest absolute Gasteiger partial charge is 0.359 e. The monoisotopic (exact) mass is 310 g/mol. The van der Waals surface area contributed by atoms with Crippen LogP contribution in [0.4, 0.5) is 17.5 Å². The molecule has 0 aliphatic heterocycles. The molecule has 0 amide bonds. The van der Waals surface area contributed by atoms with E-state index in [1.54, 1.807) is 5.38 Å². The number of H-pyrrole nitrogens is 1. The number of nitrogens with one attached hydrogen (secondary N) is 3. The van der Waals surface area contributed by atoms with Crippen molar-refractivity contribution in [2.24, 2.45) is 0 Å². The second-order valence-corrected chi connectivity index (χ2v) is 4.98. The average molecular weight is 310 g/mol. The molecule has 0 saturated heterocycles. The molecule has 2 heterocycles. The van der Waals surface area contributed by atoms with Gasteiger partial charge in [0, 0.05) is 17.6 Å². The van der Waals surface area contributed by atoms with Crippen LogP contribution < -0.4 is 15.5 Å². The van der Waals surface area contributed by atoms with Crippen LogP contribution in [0.25, 0.3) is 0 Å². The summed E-state index contributed by atoms with van der Waals surface area (Å²) in [5, 5.41) is 18.4. The van der Waals surface area contributed by atoms with E-state index in [1.807, 2.05) is 6.92 Å². The number of aromatic amines is 1. The molecular weight excluding hydrogens is 296 g/mol. The molecule has 0 aliphatic carbocycles. The van der Waals surface area contributed by atoms with E-state index in [0.717, 1.165) is 24.0 Å². The van der Waals surface area contributed by atoms with Gasteiger partial charge in [-0.1, -0.05) is 18.3 Å². The Balaban J connectivity index is 2.17. The summed E-state index contributed by atoms with van der Waals surface area (Å²) in [7, 11) is 0. The summed E-state index contributed by atoms with van der Waals surface area (Å²) < 4.78 is 0. The maximum atomic E-state index is 11.0. The van der Waals surface area contributed by atoms with Crippen molar-refractivity contribution < 1.29 is 4.92 Å². The molecule has 2 aromatic rings. The summed E-state index contributed by atoms with van der Waals surface area (Å²) in [5.41, 5.74) is 0.426. The number of hydrogen-bond donors (Lipinski definition) is 3. The van der Waals surface area contributed by atoms with Gasteiger partial charge in [-0.15, -0.1) is 0 Å². The summed E-state index contributed by atoms with van der Waals surface area (Å²) in [6.07, 6.45) is 2.04. The van der Waals surface area contributed by atoms with Gasteiger partial charge in [-0.05, 0) is 6.42 Å². The van der Waals surface area contributed by atoms with Crippen LogP contribution in [-0.2, 0) is 6.54 Å². The van der Waals surface area contributed by atoms with E-state index in [2.05, 4.69) is 25.6 Å². The Morgan fingerprint density at radius 1 is 1.48 bits per heavy atom. The van der Waals surface area contributed by atoms with Crippen molar-refractivity contribution in [3.05, 3.63) is 37.1 Å². The van der Waals surface area contributed by atoms with Gasteiger partial charge in [-0.3, -0.25) is 14.9 Å². The quantitative estimate of drug-likeness (QED) is 0.523. The van der Waals surface area contributed by atoms with Crippen LogP contribution in [0.1, 0.15) is 19.0 Å². The number of aromatic nitrogens is 3. The summed E-state index contributed by atoms with van der Waals surface area (Å²) in [6, 6.07) is 0. The molecule has 0 bridgehead atoms. The summed E-state index contributed by atoms with van der Waals surface area (Å²) in [4.78, 5) is 31.9. The first-order chi connectivity index (χ1) is 10.1. The molecule has 0 saturated carbocycles. The minimum Gasteiger partial charge on any atom is -0.359 e. The van der Waals surface area contributed by atoms with E-state index in [4.69, 9.17) is 0 Å². The van der Waals surface area contributed by atoms with Crippen molar-refractivity contribution in [2.75, 3.05) is 17.2 Å². The van der Waals surface area contributed by atoms with Gasteiger partial charge in [0.25, 0.3) is 0 Å². The van der Waals surface area contributed by atoms with Crippen molar-refractivity contribution in [2.45, 2.75) is 19.9 Å². The average Bonchev–Trinajstić information content (AvgIpc) is 2.88. The lowest BCUT2D eigenvalue weighted by Crippen LogP contribution is -2.10. The minimum absolute atomic E-state index is 0.112. The zero-order valence-corrected chi connectivity index (χ0v) is 12.1. The Hall–Kier alpha value is -2.49. The number of hydrogen-bond acceptors (Lipinski definition) is 8. The highest BCUT2D eigenvalue weighted by atomic mass is 32.1. The minimum atomic E-state index is -0.553. The fourth-order valence-electron chi connectivity index (χ4n) is 1.54. The van der Waals surface area contributed by atoms with Crippen LogP contribution in [0, 0.1) is 10.1 Å². The van der Waals surface area contributed by atoms with Crippen molar-refractivity contribution in [1.29, 1.82) is 0 Å². The normalized spacial score (nSPS) is 10.3. The van der Waals surface area contributed by atoms with E-state index in [0.29, 0.717) is 18.2 Å². The summed E-state index contributed by atoms with van der Waals surface area (Å²) in [5.74, 6) is 0.435. The smallest absolute Gasteiger partial charge is 0.329 e. The fourth-order valence-corrected chi connectivity index (χ4v) is 2.12. The molecule has 21 heavy (non-hydrogen) atoms. The van der Waals surface area contributed by atoms with Gasteiger partial charge < -0.3 is 15.6 Å². The first-order valence-corrected chi connectivity index (χ1v) is 7.14. The molecule has 0 spiro atoms. The Morgan fingerprint density at radius 2 is 2.29 bits per heavy atom. The number of nitro groups is 1. The van der Waals surface area contributed by atoms with Gasteiger partial charge in [0.1, 0.15) is 6.20 Å². The zero-order valence-electron chi connectivity index (χ0n) is 11.3. The molecule has 9 nitrogen and oxygen atoms in total. The number of anilines is 2. The zero-order chi connectivity index (χ0) is 15.2. The number of rotatable bonds is 7. The number of thiazole rings is 1. The topological polar surface area (TPSA) is 126 Å². The van der Waals surface area contributed by atoms with Crippen LogP contribution in [0.3, 0.4) is 0 Å². The Bertz CT molecular complexity index is 683. The molecule has 0 radical (unpaired) electrons. The molecule has 10 heteroatoms. The third kappa shape index (κ3) is 3.99. The van der Waals surface area contributed by atoms with E-state index in [-0.39, 0.29) is 22.9 Å². The van der Waals surface area contributed by atoms with Crippen LogP contribution in [-0.4, -0.2) is 26.4 Å². The molecular formula is C11H14N6O3S. The highest BCUT2D eigenvalue weighted by Gasteiger charge is 2.17. The second-order valence-electron chi connectivity index (χ2n) is 4.14. The van der Waals surface area contributed by atoms with Gasteiger partial charge >= 0.3 is 10.6 Å². The van der Waals surface area contributed by atoms with Crippen LogP contribution >= 0.6 is 11.3 Å². The fraction of sp³-hybridized carbons (Fsp3) is 0.364. The van der Waals surface area contributed by atoms with E-state index >= 15 is 0 Å². The predicted octanol–water partition coefficient (Wildman–Crippen LogP) is 1.57. The van der Waals surface area contributed by atoms with Crippen molar-refractivity contribution in [3.8, 4) is 0 Å². The van der Waals surface area contributed by atoms with Crippen LogP contribution in [0.2, 0.25) is 0 Å². The standard InChI is InChI=1S/C11H14N6O3S/c1-2-3-12-10-14-5-8(17(19)20)9(16-10)13-4-7-6-21-11(18)15-7/h5-6H,2-4H2,1H3,(H,15,18)(H2,12,13,14,16). The molecule has 112 valence electrons. The van der Waals surface area contributed by atoms with Crippen LogP contribution in [0.15, 0.2) is 16.4 Å². The molecule has 2 aromatic heterocycles. The molecule has 2 rings (SSSR count). The van der Waals surface area contributed by atoms with Gasteiger partial charge in [0.15, 0.2) is 0 Å². The van der Waals surface area contributed by atoms with E-state index in [1.165, 1.54) is 0 Å². The second kappa shape index (κ2) is 6.79. The first kappa shape index (κ1) is 14.9. The highest BCUT2D eigenvalue weighted by molar-refractivity contribution is 7.07. The maximum Gasteiger partial charge on any atom is 0.329 e. The maximum absolute atomic E-state index is 11.0. The van der Waals surface area contributed by atoms with E-state index < -0.39 is 4.92 Å². The SMILES string of the molecule is CCCNc1ncc([N+](=O)[O-])c(NCc2csc(=O)[nH]2)n1. The molecule has 0 aromatic carbocycles. The molecule has 3 N–H and O–H groups in total.